The maximum Gasteiger partial charge on any atom is 0.121 e. The number of rotatable bonds is 1. The molecule has 1 aliphatic heterocycles. The largest absolute Gasteiger partial charge is 0.349 e. The normalized spacial score (nSPS) is 15.9. The molecule has 0 saturated carbocycles. The van der Waals surface area contributed by atoms with E-state index >= 15 is 0 Å². The molecule has 0 saturated heterocycles. The van der Waals surface area contributed by atoms with Crippen molar-refractivity contribution in [2.75, 3.05) is 6.54 Å². The van der Waals surface area contributed by atoms with E-state index < -0.39 is 0 Å². The van der Waals surface area contributed by atoms with Gasteiger partial charge in [-0.15, -0.1) is 0 Å². The quantitative estimate of drug-likeness (QED) is 0.757. The molecule has 2 rings (SSSR count). The molecule has 0 aliphatic carbocycles. The van der Waals surface area contributed by atoms with Crippen molar-refractivity contribution >= 4 is 12.2 Å². The molecule has 0 bridgehead atoms. The number of hydrogen-bond donors (Lipinski definition) is 1. The molecule has 0 spiro atoms. The Morgan fingerprint density at radius 1 is 1.56 bits per heavy atom. The standard InChI is InChI=1S/C12H15N3S/c1-8(2)15-4-3-11-10(7-15)5-9(6-13)12(16)14-11/h5,8H,3-4,7H2,1-2H3,(H,14,16). The minimum absolute atomic E-state index is 0.543. The van der Waals surface area contributed by atoms with Crippen LogP contribution in [0.1, 0.15) is 30.7 Å². The van der Waals surface area contributed by atoms with Gasteiger partial charge in [0.05, 0.1) is 5.56 Å². The van der Waals surface area contributed by atoms with Gasteiger partial charge < -0.3 is 4.98 Å². The van der Waals surface area contributed by atoms with E-state index in [-0.39, 0.29) is 0 Å². The van der Waals surface area contributed by atoms with Crippen LogP contribution in [0.25, 0.3) is 0 Å². The zero-order valence-corrected chi connectivity index (χ0v) is 10.4. The van der Waals surface area contributed by atoms with E-state index in [1.165, 1.54) is 11.3 Å². The van der Waals surface area contributed by atoms with E-state index in [2.05, 4.69) is 29.8 Å². The third-order valence-corrected chi connectivity index (χ3v) is 3.41. The Kier molecular flexibility index (Phi) is 3.08. The van der Waals surface area contributed by atoms with Crippen molar-refractivity contribution in [2.24, 2.45) is 0 Å². The summed E-state index contributed by atoms with van der Waals surface area (Å²) in [7, 11) is 0. The van der Waals surface area contributed by atoms with E-state index in [9.17, 15) is 0 Å². The van der Waals surface area contributed by atoms with Crippen molar-refractivity contribution in [2.45, 2.75) is 32.9 Å². The van der Waals surface area contributed by atoms with Gasteiger partial charge in [-0.3, -0.25) is 4.90 Å². The van der Waals surface area contributed by atoms with Crippen LogP contribution in [0.15, 0.2) is 6.07 Å². The first kappa shape index (κ1) is 11.3. The molecule has 0 radical (unpaired) electrons. The lowest BCUT2D eigenvalue weighted by Gasteiger charge is -2.31. The monoisotopic (exact) mass is 233 g/mol. The van der Waals surface area contributed by atoms with E-state index in [1.54, 1.807) is 0 Å². The summed E-state index contributed by atoms with van der Waals surface area (Å²) in [4.78, 5) is 5.58. The van der Waals surface area contributed by atoms with E-state index in [1.807, 2.05) is 6.07 Å². The van der Waals surface area contributed by atoms with Gasteiger partial charge in [-0.05, 0) is 25.5 Å². The van der Waals surface area contributed by atoms with Gasteiger partial charge in [-0.1, -0.05) is 12.2 Å². The second kappa shape index (κ2) is 4.36. The first-order chi connectivity index (χ1) is 7.61. The number of nitrogens with one attached hydrogen (secondary N) is 1. The SMILES string of the molecule is CC(C)N1CCc2[nH]c(=S)c(C#N)cc2C1. The van der Waals surface area contributed by atoms with Crippen molar-refractivity contribution in [3.8, 4) is 6.07 Å². The fourth-order valence-electron chi connectivity index (χ4n) is 2.05. The fraction of sp³-hybridized carbons (Fsp3) is 0.500. The summed E-state index contributed by atoms with van der Waals surface area (Å²) < 4.78 is 0.569. The molecule has 1 N–H and O–H groups in total. The molecule has 84 valence electrons. The number of pyridine rings is 1. The van der Waals surface area contributed by atoms with Crippen LogP contribution in [0, 0.1) is 16.0 Å². The van der Waals surface area contributed by atoms with Crippen LogP contribution in [0.2, 0.25) is 0 Å². The minimum atomic E-state index is 0.543. The first-order valence-corrected chi connectivity index (χ1v) is 5.92. The van der Waals surface area contributed by atoms with Crippen LogP contribution in [0.5, 0.6) is 0 Å². The average molecular weight is 233 g/mol. The highest BCUT2D eigenvalue weighted by molar-refractivity contribution is 7.71. The summed E-state index contributed by atoms with van der Waals surface area (Å²) in [6.07, 6.45) is 0.989. The van der Waals surface area contributed by atoms with Gasteiger partial charge in [-0.2, -0.15) is 5.26 Å². The molecule has 1 aromatic rings. The van der Waals surface area contributed by atoms with Crippen molar-refractivity contribution < 1.29 is 0 Å². The zero-order valence-electron chi connectivity index (χ0n) is 9.58. The molecule has 3 nitrogen and oxygen atoms in total. The van der Waals surface area contributed by atoms with E-state index in [4.69, 9.17) is 17.5 Å². The maximum atomic E-state index is 8.94. The van der Waals surface area contributed by atoms with E-state index in [0.29, 0.717) is 16.2 Å². The smallest absolute Gasteiger partial charge is 0.121 e. The van der Waals surface area contributed by atoms with Gasteiger partial charge >= 0.3 is 0 Å². The summed E-state index contributed by atoms with van der Waals surface area (Å²) in [6.45, 7) is 6.36. The second-order valence-corrected chi connectivity index (χ2v) is 4.85. The van der Waals surface area contributed by atoms with Gasteiger partial charge in [-0.25, -0.2) is 0 Å². The maximum absolute atomic E-state index is 8.94. The molecule has 1 aromatic heterocycles. The van der Waals surface area contributed by atoms with Crippen LogP contribution in [-0.2, 0) is 13.0 Å². The number of fused-ring (bicyclic) bond motifs is 1. The molecule has 0 amide bonds. The summed E-state index contributed by atoms with van der Waals surface area (Å²) in [5.41, 5.74) is 2.99. The van der Waals surface area contributed by atoms with Gasteiger partial charge in [0.15, 0.2) is 0 Å². The second-order valence-electron chi connectivity index (χ2n) is 4.44. The number of aromatic amines is 1. The lowest BCUT2D eigenvalue weighted by Crippen LogP contribution is -2.36. The van der Waals surface area contributed by atoms with Crippen LogP contribution in [-0.4, -0.2) is 22.5 Å². The van der Waals surface area contributed by atoms with Crippen molar-refractivity contribution in [1.82, 2.24) is 9.88 Å². The zero-order chi connectivity index (χ0) is 11.7. The lowest BCUT2D eigenvalue weighted by atomic mass is 10.0. The van der Waals surface area contributed by atoms with Gasteiger partial charge in [0, 0.05) is 31.2 Å². The van der Waals surface area contributed by atoms with Gasteiger partial charge in [0.25, 0.3) is 0 Å². The van der Waals surface area contributed by atoms with Crippen molar-refractivity contribution in [3.63, 3.8) is 0 Å². The summed E-state index contributed by atoms with van der Waals surface area (Å²) in [5, 5.41) is 8.94. The molecule has 0 unspecified atom stereocenters. The van der Waals surface area contributed by atoms with Crippen LogP contribution in [0.4, 0.5) is 0 Å². The molecule has 0 aromatic carbocycles. The Hall–Kier alpha value is -1.18. The minimum Gasteiger partial charge on any atom is -0.349 e. The van der Waals surface area contributed by atoms with Crippen LogP contribution >= 0.6 is 12.2 Å². The first-order valence-electron chi connectivity index (χ1n) is 5.51. The third-order valence-electron chi connectivity index (χ3n) is 3.09. The van der Waals surface area contributed by atoms with Gasteiger partial charge in [0.1, 0.15) is 10.7 Å². The molecule has 2 heterocycles. The highest BCUT2D eigenvalue weighted by Gasteiger charge is 2.19. The molecular formula is C12H15N3S. The lowest BCUT2D eigenvalue weighted by molar-refractivity contribution is 0.201. The Morgan fingerprint density at radius 2 is 2.31 bits per heavy atom. The Bertz CT molecular complexity index is 496. The summed E-state index contributed by atoms with van der Waals surface area (Å²) in [5.74, 6) is 0. The summed E-state index contributed by atoms with van der Waals surface area (Å²) >= 11 is 5.13. The number of aromatic nitrogens is 1. The Balaban J connectivity index is 2.39. The number of nitriles is 1. The highest BCUT2D eigenvalue weighted by Crippen LogP contribution is 2.20. The topological polar surface area (TPSA) is 42.8 Å². The van der Waals surface area contributed by atoms with Crippen LogP contribution < -0.4 is 0 Å². The Labute approximate surface area is 101 Å². The third kappa shape index (κ3) is 2.01. The van der Waals surface area contributed by atoms with Gasteiger partial charge in [0.2, 0.25) is 0 Å². The molecule has 16 heavy (non-hydrogen) atoms. The predicted octanol–water partition coefficient (Wildman–Crippen LogP) is 2.38. The molecule has 4 heteroatoms. The fourth-order valence-corrected chi connectivity index (χ4v) is 2.28. The molecule has 0 atom stereocenters. The van der Waals surface area contributed by atoms with E-state index in [0.717, 1.165) is 19.5 Å². The Morgan fingerprint density at radius 3 is 2.94 bits per heavy atom. The number of hydrogen-bond acceptors (Lipinski definition) is 3. The van der Waals surface area contributed by atoms with Crippen LogP contribution in [0.3, 0.4) is 0 Å². The van der Waals surface area contributed by atoms with Crippen molar-refractivity contribution in [1.29, 1.82) is 5.26 Å². The molecular weight excluding hydrogens is 218 g/mol. The highest BCUT2D eigenvalue weighted by atomic mass is 32.1. The number of H-pyrrole nitrogens is 1. The number of nitrogens with zero attached hydrogens (tertiary/aromatic N) is 2. The molecule has 0 fully saturated rings. The predicted molar refractivity (Wildman–Crippen MR) is 65.6 cm³/mol. The molecule has 1 aliphatic rings. The average Bonchev–Trinajstić information content (AvgIpc) is 2.27. The van der Waals surface area contributed by atoms with Crippen molar-refractivity contribution in [3.05, 3.63) is 27.5 Å². The summed E-state index contributed by atoms with van der Waals surface area (Å²) in [6, 6.07) is 4.61.